The molecular formula is C10H16BNO3. The lowest BCUT2D eigenvalue weighted by Gasteiger charge is -2.15. The van der Waals surface area contributed by atoms with E-state index in [1.807, 2.05) is 0 Å². The van der Waals surface area contributed by atoms with E-state index in [2.05, 4.69) is 11.3 Å². The Morgan fingerprint density at radius 1 is 1.67 bits per heavy atom. The quantitative estimate of drug-likeness (QED) is 0.367. The molecule has 0 aliphatic carbocycles. The maximum Gasteiger partial charge on any atom is 0.325 e. The van der Waals surface area contributed by atoms with E-state index in [-0.39, 0.29) is 12.7 Å². The molecule has 15 heavy (non-hydrogen) atoms. The summed E-state index contributed by atoms with van der Waals surface area (Å²) in [5.41, 5.74) is 5.48. The number of hydrogen-bond acceptors (Lipinski definition) is 4. The standard InChI is InChI=1S/C10H16BNO3/c1-3-8(5-4-6-11)15-7-9(12)10(13)14-2/h3-4,6,8-9H,1,5,7,12H2,2H3/b6-4+/t8-,9-/m1/s1. The minimum atomic E-state index is -0.765. The highest BCUT2D eigenvalue weighted by molar-refractivity contribution is 6.16. The lowest BCUT2D eigenvalue weighted by molar-refractivity contribution is -0.143. The summed E-state index contributed by atoms with van der Waals surface area (Å²) < 4.78 is 9.78. The van der Waals surface area contributed by atoms with Gasteiger partial charge in [-0.2, -0.15) is 0 Å². The van der Waals surface area contributed by atoms with Crippen molar-refractivity contribution < 1.29 is 14.3 Å². The van der Waals surface area contributed by atoms with Gasteiger partial charge < -0.3 is 15.2 Å². The van der Waals surface area contributed by atoms with Gasteiger partial charge in [-0.3, -0.25) is 4.79 Å². The molecule has 0 fully saturated rings. The van der Waals surface area contributed by atoms with Crippen molar-refractivity contribution in [3.8, 4) is 0 Å². The minimum Gasteiger partial charge on any atom is -0.468 e. The highest BCUT2D eigenvalue weighted by atomic mass is 16.5. The van der Waals surface area contributed by atoms with Crippen LogP contribution >= 0.6 is 0 Å². The van der Waals surface area contributed by atoms with Crippen molar-refractivity contribution in [3.05, 3.63) is 24.7 Å². The first-order valence-electron chi connectivity index (χ1n) is 4.60. The van der Waals surface area contributed by atoms with Crippen molar-refractivity contribution in [2.75, 3.05) is 13.7 Å². The van der Waals surface area contributed by atoms with Crippen LogP contribution in [0.4, 0.5) is 0 Å². The molecule has 0 saturated heterocycles. The molecule has 0 amide bonds. The average Bonchev–Trinajstić information content (AvgIpc) is 2.27. The maximum atomic E-state index is 10.9. The van der Waals surface area contributed by atoms with Gasteiger partial charge in [0.15, 0.2) is 0 Å². The van der Waals surface area contributed by atoms with Gasteiger partial charge in [-0.15, -0.1) is 12.6 Å². The van der Waals surface area contributed by atoms with Crippen molar-refractivity contribution in [2.24, 2.45) is 5.73 Å². The average molecular weight is 209 g/mol. The number of carbonyl (C=O) groups excluding carboxylic acids is 1. The first-order chi connectivity index (χ1) is 7.15. The van der Waals surface area contributed by atoms with E-state index in [1.165, 1.54) is 13.1 Å². The number of nitrogens with two attached hydrogens (primary N) is 1. The predicted octanol–water partition coefficient (Wildman–Crippen LogP) is 0.130. The highest BCUT2D eigenvalue weighted by Crippen LogP contribution is 2.01. The molecule has 5 heteroatoms. The summed E-state index contributed by atoms with van der Waals surface area (Å²) in [6, 6.07) is -0.765. The van der Waals surface area contributed by atoms with Crippen LogP contribution in [0.3, 0.4) is 0 Å². The summed E-state index contributed by atoms with van der Waals surface area (Å²) in [4.78, 5) is 10.9. The van der Waals surface area contributed by atoms with E-state index in [1.54, 1.807) is 12.2 Å². The van der Waals surface area contributed by atoms with Crippen LogP contribution in [-0.4, -0.2) is 39.7 Å². The lowest BCUT2D eigenvalue weighted by Crippen LogP contribution is -2.37. The van der Waals surface area contributed by atoms with Crippen LogP contribution in [0, 0.1) is 0 Å². The number of methoxy groups -OCH3 is 1. The van der Waals surface area contributed by atoms with Crippen LogP contribution in [0.15, 0.2) is 24.7 Å². The van der Waals surface area contributed by atoms with Crippen LogP contribution in [-0.2, 0) is 14.3 Å². The Balaban J connectivity index is 3.89. The van der Waals surface area contributed by atoms with Crippen LogP contribution in [0.5, 0.6) is 0 Å². The van der Waals surface area contributed by atoms with Crippen molar-refractivity contribution in [1.82, 2.24) is 0 Å². The topological polar surface area (TPSA) is 61.5 Å². The van der Waals surface area contributed by atoms with Crippen molar-refractivity contribution in [2.45, 2.75) is 18.6 Å². The second-order valence-electron chi connectivity index (χ2n) is 2.90. The number of rotatable bonds is 7. The van der Waals surface area contributed by atoms with E-state index in [4.69, 9.17) is 18.3 Å². The Hall–Kier alpha value is -1.07. The Labute approximate surface area is 91.5 Å². The molecule has 4 nitrogen and oxygen atoms in total. The molecule has 0 unspecified atom stereocenters. The van der Waals surface area contributed by atoms with Crippen LogP contribution in [0.25, 0.3) is 0 Å². The van der Waals surface area contributed by atoms with Gasteiger partial charge in [0.1, 0.15) is 13.9 Å². The molecule has 0 aliphatic rings. The van der Waals surface area contributed by atoms with Gasteiger partial charge in [-0.1, -0.05) is 12.2 Å². The third kappa shape index (κ3) is 6.09. The number of esters is 1. The molecule has 0 aliphatic heterocycles. The summed E-state index contributed by atoms with van der Waals surface area (Å²) in [7, 11) is 6.47. The summed E-state index contributed by atoms with van der Waals surface area (Å²) in [6.45, 7) is 3.70. The minimum absolute atomic E-state index is 0.0990. The molecule has 0 rings (SSSR count). The van der Waals surface area contributed by atoms with E-state index < -0.39 is 12.0 Å². The molecule has 0 aromatic carbocycles. The second-order valence-corrected chi connectivity index (χ2v) is 2.90. The Kier molecular flexibility index (Phi) is 7.67. The molecule has 2 N–H and O–H groups in total. The molecule has 0 aromatic heterocycles. The first kappa shape index (κ1) is 13.9. The predicted molar refractivity (Wildman–Crippen MR) is 59.4 cm³/mol. The molecule has 2 radical (unpaired) electrons. The molecule has 0 spiro atoms. The first-order valence-corrected chi connectivity index (χ1v) is 4.60. The lowest BCUT2D eigenvalue weighted by atomic mass is 10.1. The number of hydrogen-bond donors (Lipinski definition) is 1. The van der Waals surface area contributed by atoms with Crippen molar-refractivity contribution >= 4 is 13.8 Å². The van der Waals surface area contributed by atoms with Gasteiger partial charge in [0.2, 0.25) is 0 Å². The highest BCUT2D eigenvalue weighted by Gasteiger charge is 2.15. The SMILES string of the molecule is [B]/C=C/C[C@@H](C=C)OC[C@@H](N)C(=O)OC. The monoisotopic (exact) mass is 209 g/mol. The Bertz CT molecular complexity index is 231. The fraction of sp³-hybridized carbons (Fsp3) is 0.500. The fourth-order valence-electron chi connectivity index (χ4n) is 0.892. The molecule has 2 atom stereocenters. The Morgan fingerprint density at radius 2 is 2.33 bits per heavy atom. The van der Waals surface area contributed by atoms with Crippen molar-refractivity contribution in [3.63, 3.8) is 0 Å². The third-order valence-electron chi connectivity index (χ3n) is 1.76. The van der Waals surface area contributed by atoms with Gasteiger partial charge in [0.25, 0.3) is 0 Å². The van der Waals surface area contributed by atoms with Crippen LogP contribution in [0.1, 0.15) is 6.42 Å². The zero-order valence-corrected chi connectivity index (χ0v) is 8.89. The molecular weight excluding hydrogens is 193 g/mol. The zero-order valence-electron chi connectivity index (χ0n) is 8.89. The summed E-state index contributed by atoms with van der Waals surface area (Å²) in [5, 5.41) is 0. The summed E-state index contributed by atoms with van der Waals surface area (Å²) in [5.74, 6) is 0.937. The maximum absolute atomic E-state index is 10.9. The summed E-state index contributed by atoms with van der Waals surface area (Å²) in [6.07, 6.45) is 3.79. The van der Waals surface area contributed by atoms with E-state index in [9.17, 15) is 4.79 Å². The molecule has 0 saturated carbocycles. The van der Waals surface area contributed by atoms with Gasteiger partial charge in [0.05, 0.1) is 19.8 Å². The fourth-order valence-corrected chi connectivity index (χ4v) is 0.892. The van der Waals surface area contributed by atoms with Crippen LogP contribution in [0.2, 0.25) is 0 Å². The molecule has 0 aromatic rings. The normalized spacial score (nSPS) is 14.8. The Morgan fingerprint density at radius 3 is 2.80 bits per heavy atom. The second kappa shape index (κ2) is 8.26. The van der Waals surface area contributed by atoms with Gasteiger partial charge >= 0.3 is 5.97 Å². The number of ether oxygens (including phenoxy) is 2. The molecule has 0 heterocycles. The number of carbonyl (C=O) groups is 1. The van der Waals surface area contributed by atoms with Crippen molar-refractivity contribution in [1.29, 1.82) is 0 Å². The van der Waals surface area contributed by atoms with E-state index in [0.29, 0.717) is 6.42 Å². The smallest absolute Gasteiger partial charge is 0.325 e. The van der Waals surface area contributed by atoms with Crippen LogP contribution < -0.4 is 5.73 Å². The third-order valence-corrected chi connectivity index (χ3v) is 1.76. The van der Waals surface area contributed by atoms with Gasteiger partial charge in [-0.05, 0) is 6.42 Å². The van der Waals surface area contributed by atoms with Gasteiger partial charge in [-0.25, -0.2) is 0 Å². The van der Waals surface area contributed by atoms with E-state index in [0.717, 1.165) is 0 Å². The summed E-state index contributed by atoms with van der Waals surface area (Å²) >= 11 is 0. The largest absolute Gasteiger partial charge is 0.468 e. The van der Waals surface area contributed by atoms with Gasteiger partial charge in [0, 0.05) is 0 Å². The van der Waals surface area contributed by atoms with E-state index >= 15 is 0 Å². The molecule has 82 valence electrons. The zero-order chi connectivity index (χ0) is 11.7. The molecule has 0 bridgehead atoms.